The molecule has 4 nitrogen and oxygen atoms in total. The van der Waals surface area contributed by atoms with Crippen LogP contribution in [0.25, 0.3) is 0 Å². The lowest BCUT2D eigenvalue weighted by molar-refractivity contribution is 0.217. The Kier molecular flexibility index (Phi) is 5.05. The van der Waals surface area contributed by atoms with Gasteiger partial charge in [0.1, 0.15) is 0 Å². The topological polar surface area (TPSA) is 52.9 Å². The van der Waals surface area contributed by atoms with E-state index in [9.17, 15) is 5.11 Å². The zero-order valence-corrected chi connectivity index (χ0v) is 11.0. The van der Waals surface area contributed by atoms with Gasteiger partial charge in [0.05, 0.1) is 13.7 Å². The molecule has 0 amide bonds. The average molecular weight is 290 g/mol. The normalized spacial score (nSPS) is 10.8. The number of rotatable bonds is 5. The number of phenolic OH excluding ortho intramolecular Hbond substituents is 1. The molecule has 1 aromatic carbocycles. The number of hydrogen-bond acceptors (Lipinski definition) is 4. The SMILES string of the molecule is COc1cc(CN(C)CCO)c(Br)cc1O. The number of hydrogen-bond donors (Lipinski definition) is 2. The molecule has 2 N–H and O–H groups in total. The number of halogens is 1. The highest BCUT2D eigenvalue weighted by molar-refractivity contribution is 9.10. The minimum atomic E-state index is 0.114. The summed E-state index contributed by atoms with van der Waals surface area (Å²) < 4.78 is 5.87. The van der Waals surface area contributed by atoms with Gasteiger partial charge in [-0.1, -0.05) is 15.9 Å². The standard InChI is InChI=1S/C11H16BrNO3/c1-13(3-4-14)7-8-5-11(16-2)10(15)6-9(8)12/h5-6,14-15H,3-4,7H2,1-2H3. The predicted octanol–water partition coefficient (Wildman–Crippen LogP) is 1.59. The Morgan fingerprint density at radius 3 is 2.69 bits per heavy atom. The van der Waals surface area contributed by atoms with Crippen molar-refractivity contribution < 1.29 is 14.9 Å². The van der Waals surface area contributed by atoms with Crippen molar-refractivity contribution in [2.45, 2.75) is 6.54 Å². The fourth-order valence-electron chi connectivity index (χ4n) is 1.41. The monoisotopic (exact) mass is 289 g/mol. The molecule has 0 saturated carbocycles. The molecule has 1 aromatic rings. The summed E-state index contributed by atoms with van der Waals surface area (Å²) in [6.07, 6.45) is 0. The number of aromatic hydroxyl groups is 1. The van der Waals surface area contributed by atoms with Crippen LogP contribution in [-0.4, -0.2) is 42.4 Å². The van der Waals surface area contributed by atoms with Gasteiger partial charge < -0.3 is 14.9 Å². The highest BCUT2D eigenvalue weighted by atomic mass is 79.9. The van der Waals surface area contributed by atoms with E-state index in [4.69, 9.17) is 9.84 Å². The summed E-state index contributed by atoms with van der Waals surface area (Å²) >= 11 is 3.39. The molecular formula is C11H16BrNO3. The molecule has 0 aliphatic heterocycles. The summed E-state index contributed by atoms with van der Waals surface area (Å²) in [5.74, 6) is 0.568. The lowest BCUT2D eigenvalue weighted by Gasteiger charge is -2.17. The van der Waals surface area contributed by atoms with Crippen molar-refractivity contribution >= 4 is 15.9 Å². The Morgan fingerprint density at radius 1 is 1.44 bits per heavy atom. The Labute approximate surface area is 104 Å². The van der Waals surface area contributed by atoms with E-state index in [2.05, 4.69) is 15.9 Å². The van der Waals surface area contributed by atoms with Crippen molar-refractivity contribution in [3.63, 3.8) is 0 Å². The van der Waals surface area contributed by atoms with Gasteiger partial charge in [-0.05, 0) is 24.7 Å². The number of aliphatic hydroxyl groups is 1. The summed E-state index contributed by atoms with van der Waals surface area (Å²) in [5.41, 5.74) is 1.01. The molecule has 0 heterocycles. The van der Waals surface area contributed by atoms with Gasteiger partial charge in [0.2, 0.25) is 0 Å². The van der Waals surface area contributed by atoms with Crippen LogP contribution < -0.4 is 4.74 Å². The second-order valence-electron chi connectivity index (χ2n) is 3.58. The Hall–Kier alpha value is -0.780. The average Bonchev–Trinajstić information content (AvgIpc) is 2.22. The van der Waals surface area contributed by atoms with E-state index >= 15 is 0 Å². The van der Waals surface area contributed by atoms with Gasteiger partial charge in [-0.3, -0.25) is 4.90 Å². The van der Waals surface area contributed by atoms with Crippen LogP contribution in [0.4, 0.5) is 0 Å². The maximum absolute atomic E-state index is 9.54. The third-order valence-corrected chi connectivity index (χ3v) is 3.01. The molecule has 5 heteroatoms. The molecule has 16 heavy (non-hydrogen) atoms. The molecule has 0 atom stereocenters. The first-order valence-electron chi connectivity index (χ1n) is 4.93. The first kappa shape index (κ1) is 13.3. The van der Waals surface area contributed by atoms with E-state index in [1.54, 1.807) is 12.1 Å². The molecule has 90 valence electrons. The number of ether oxygens (including phenoxy) is 1. The summed E-state index contributed by atoms with van der Waals surface area (Å²) in [6, 6.07) is 3.40. The maximum Gasteiger partial charge on any atom is 0.160 e. The number of aliphatic hydroxyl groups excluding tert-OH is 1. The Morgan fingerprint density at radius 2 is 2.12 bits per heavy atom. The van der Waals surface area contributed by atoms with Gasteiger partial charge in [0, 0.05) is 17.6 Å². The molecular weight excluding hydrogens is 274 g/mol. The van der Waals surface area contributed by atoms with E-state index in [1.165, 1.54) is 7.11 Å². The van der Waals surface area contributed by atoms with Crippen LogP contribution in [0.15, 0.2) is 16.6 Å². The Balaban J connectivity index is 2.87. The zero-order valence-electron chi connectivity index (χ0n) is 9.40. The van der Waals surface area contributed by atoms with Crippen LogP contribution in [0.1, 0.15) is 5.56 Å². The summed E-state index contributed by atoms with van der Waals surface area (Å²) in [5, 5.41) is 18.4. The van der Waals surface area contributed by atoms with Crippen LogP contribution in [0.5, 0.6) is 11.5 Å². The number of benzene rings is 1. The molecule has 1 rings (SSSR count). The van der Waals surface area contributed by atoms with Crippen molar-refractivity contribution in [2.75, 3.05) is 27.3 Å². The second kappa shape index (κ2) is 6.08. The molecule has 0 unspecified atom stereocenters. The second-order valence-corrected chi connectivity index (χ2v) is 4.43. The van der Waals surface area contributed by atoms with Crippen molar-refractivity contribution in [1.29, 1.82) is 0 Å². The Bertz CT molecular complexity index is 357. The van der Waals surface area contributed by atoms with Crippen LogP contribution in [0.2, 0.25) is 0 Å². The molecule has 0 bridgehead atoms. The van der Waals surface area contributed by atoms with Gasteiger partial charge >= 0.3 is 0 Å². The first-order valence-corrected chi connectivity index (χ1v) is 5.72. The molecule has 0 saturated heterocycles. The third-order valence-electron chi connectivity index (χ3n) is 2.27. The van der Waals surface area contributed by atoms with Gasteiger partial charge in [0.15, 0.2) is 11.5 Å². The van der Waals surface area contributed by atoms with Crippen LogP contribution >= 0.6 is 15.9 Å². The van der Waals surface area contributed by atoms with E-state index in [0.29, 0.717) is 18.8 Å². The number of phenols is 1. The third kappa shape index (κ3) is 3.37. The molecule has 0 fully saturated rings. The van der Waals surface area contributed by atoms with Crippen LogP contribution in [-0.2, 0) is 6.54 Å². The molecule has 0 aromatic heterocycles. The van der Waals surface area contributed by atoms with E-state index in [0.717, 1.165) is 10.0 Å². The van der Waals surface area contributed by atoms with Gasteiger partial charge in [-0.2, -0.15) is 0 Å². The lowest BCUT2D eigenvalue weighted by atomic mass is 10.2. The van der Waals surface area contributed by atoms with Crippen molar-refractivity contribution in [2.24, 2.45) is 0 Å². The van der Waals surface area contributed by atoms with E-state index in [-0.39, 0.29) is 12.4 Å². The van der Waals surface area contributed by atoms with E-state index < -0.39 is 0 Å². The summed E-state index contributed by atoms with van der Waals surface area (Å²) in [7, 11) is 3.44. The van der Waals surface area contributed by atoms with Gasteiger partial charge in [0.25, 0.3) is 0 Å². The molecule has 0 radical (unpaired) electrons. The van der Waals surface area contributed by atoms with Crippen LogP contribution in [0, 0.1) is 0 Å². The summed E-state index contributed by atoms with van der Waals surface area (Å²) in [6.45, 7) is 1.41. The van der Waals surface area contributed by atoms with Crippen molar-refractivity contribution in [1.82, 2.24) is 4.90 Å². The van der Waals surface area contributed by atoms with Crippen molar-refractivity contribution in [3.05, 3.63) is 22.2 Å². The first-order chi connectivity index (χ1) is 7.58. The molecule has 0 aliphatic carbocycles. The van der Waals surface area contributed by atoms with E-state index in [1.807, 2.05) is 11.9 Å². The molecule has 0 spiro atoms. The number of methoxy groups -OCH3 is 1. The highest BCUT2D eigenvalue weighted by Gasteiger charge is 2.09. The van der Waals surface area contributed by atoms with Crippen molar-refractivity contribution in [3.8, 4) is 11.5 Å². The quantitative estimate of drug-likeness (QED) is 0.864. The maximum atomic E-state index is 9.54. The fraction of sp³-hybridized carbons (Fsp3) is 0.455. The highest BCUT2D eigenvalue weighted by Crippen LogP contribution is 2.32. The summed E-state index contributed by atoms with van der Waals surface area (Å²) in [4.78, 5) is 1.98. The van der Waals surface area contributed by atoms with Crippen LogP contribution in [0.3, 0.4) is 0 Å². The number of nitrogens with zero attached hydrogens (tertiary/aromatic N) is 1. The van der Waals surface area contributed by atoms with Gasteiger partial charge in [-0.15, -0.1) is 0 Å². The molecule has 0 aliphatic rings. The predicted molar refractivity (Wildman–Crippen MR) is 65.8 cm³/mol. The minimum Gasteiger partial charge on any atom is -0.504 e. The lowest BCUT2D eigenvalue weighted by Crippen LogP contribution is -2.21. The van der Waals surface area contributed by atoms with Gasteiger partial charge in [-0.25, -0.2) is 0 Å². The number of likely N-dealkylation sites (N-methyl/N-ethyl adjacent to an activating group) is 1. The smallest absolute Gasteiger partial charge is 0.160 e. The minimum absolute atomic E-state index is 0.114. The largest absolute Gasteiger partial charge is 0.504 e. The fourth-order valence-corrected chi connectivity index (χ4v) is 1.87. The zero-order chi connectivity index (χ0) is 12.1.